The summed E-state index contributed by atoms with van der Waals surface area (Å²) in [5.74, 6) is 0.849. The predicted molar refractivity (Wildman–Crippen MR) is 80.7 cm³/mol. The fraction of sp³-hybridized carbons (Fsp3) is 0.562. The maximum Gasteiger partial charge on any atom is 0.251 e. The van der Waals surface area contributed by atoms with E-state index in [1.54, 1.807) is 7.11 Å². The lowest BCUT2D eigenvalue weighted by molar-refractivity contribution is -0.134. The molecule has 1 heterocycles. The molecule has 3 rings (SSSR count). The molecule has 0 aromatic heterocycles. The van der Waals surface area contributed by atoms with Gasteiger partial charge in [-0.2, -0.15) is 0 Å². The van der Waals surface area contributed by atoms with Crippen LogP contribution in [0.5, 0.6) is 5.75 Å². The molecule has 1 aromatic carbocycles. The summed E-state index contributed by atoms with van der Waals surface area (Å²) >= 11 is 0. The maximum atomic E-state index is 12.2. The van der Waals surface area contributed by atoms with Crippen LogP contribution < -0.4 is 15.0 Å². The molecule has 1 aliphatic carbocycles. The summed E-state index contributed by atoms with van der Waals surface area (Å²) in [4.78, 5) is 14.4. The zero-order chi connectivity index (χ0) is 14.7. The molecular formula is C16H22N2O3. The van der Waals surface area contributed by atoms with Crippen LogP contribution in [0.15, 0.2) is 24.3 Å². The largest absolute Gasteiger partial charge is 0.497 e. The van der Waals surface area contributed by atoms with Crippen LogP contribution in [-0.2, 0) is 9.53 Å². The molecule has 0 bridgehead atoms. The summed E-state index contributed by atoms with van der Waals surface area (Å²) in [6, 6.07) is 8.27. The molecule has 1 saturated carbocycles. The van der Waals surface area contributed by atoms with Gasteiger partial charge < -0.3 is 19.7 Å². The van der Waals surface area contributed by atoms with E-state index >= 15 is 0 Å². The summed E-state index contributed by atoms with van der Waals surface area (Å²) in [6.07, 6.45) is 3.02. The fourth-order valence-electron chi connectivity index (χ4n) is 2.70. The van der Waals surface area contributed by atoms with Crippen molar-refractivity contribution in [3.05, 3.63) is 24.3 Å². The first-order valence-corrected chi connectivity index (χ1v) is 7.57. The summed E-state index contributed by atoms with van der Waals surface area (Å²) in [7, 11) is 1.66. The van der Waals surface area contributed by atoms with Crippen molar-refractivity contribution in [1.29, 1.82) is 0 Å². The smallest absolute Gasteiger partial charge is 0.251 e. The highest BCUT2D eigenvalue weighted by atomic mass is 16.5. The molecule has 0 radical (unpaired) electrons. The first-order valence-electron chi connectivity index (χ1n) is 7.57. The topological polar surface area (TPSA) is 50.8 Å². The molecule has 1 atom stereocenters. The van der Waals surface area contributed by atoms with E-state index in [4.69, 9.17) is 9.47 Å². The number of methoxy groups -OCH3 is 1. The number of hydrogen-bond acceptors (Lipinski definition) is 4. The van der Waals surface area contributed by atoms with Crippen molar-refractivity contribution in [2.75, 3.05) is 31.7 Å². The third kappa shape index (κ3) is 3.29. The van der Waals surface area contributed by atoms with Crippen molar-refractivity contribution >= 4 is 11.6 Å². The summed E-state index contributed by atoms with van der Waals surface area (Å²) in [5, 5.41) is 3.07. The van der Waals surface area contributed by atoms with Gasteiger partial charge in [0.2, 0.25) is 0 Å². The van der Waals surface area contributed by atoms with E-state index in [9.17, 15) is 4.79 Å². The minimum absolute atomic E-state index is 0.0206. The number of nitrogens with one attached hydrogen (secondary N) is 1. The summed E-state index contributed by atoms with van der Waals surface area (Å²) in [5.41, 5.74) is 1.07. The van der Waals surface area contributed by atoms with Crippen LogP contribution in [0.3, 0.4) is 0 Å². The molecule has 0 unspecified atom stereocenters. The average molecular weight is 290 g/mol. The van der Waals surface area contributed by atoms with Crippen LogP contribution in [0, 0.1) is 0 Å². The molecule has 1 aromatic rings. The SMILES string of the molecule is COc1cccc(N2CCO[C@H](C(=O)NC3CCC3)C2)c1. The molecule has 1 N–H and O–H groups in total. The van der Waals surface area contributed by atoms with Gasteiger partial charge >= 0.3 is 0 Å². The van der Waals surface area contributed by atoms with Crippen molar-refractivity contribution in [2.24, 2.45) is 0 Å². The standard InChI is InChI=1S/C16H22N2O3/c1-20-14-7-3-6-13(10-14)18-8-9-21-15(11-18)16(19)17-12-4-2-5-12/h3,6-7,10,12,15H,2,4-5,8-9,11H2,1H3,(H,17,19)/t15-/m0/s1. The number of carbonyl (C=O) groups excluding carboxylic acids is 1. The van der Waals surface area contributed by atoms with Gasteiger partial charge in [0.1, 0.15) is 5.75 Å². The third-order valence-electron chi connectivity index (χ3n) is 4.23. The monoisotopic (exact) mass is 290 g/mol. The molecule has 1 amide bonds. The Kier molecular flexibility index (Phi) is 4.29. The minimum Gasteiger partial charge on any atom is -0.497 e. The number of benzene rings is 1. The van der Waals surface area contributed by atoms with Crippen LogP contribution >= 0.6 is 0 Å². The van der Waals surface area contributed by atoms with Crippen LogP contribution in [0.2, 0.25) is 0 Å². The third-order valence-corrected chi connectivity index (χ3v) is 4.23. The van der Waals surface area contributed by atoms with Crippen molar-refractivity contribution in [1.82, 2.24) is 5.32 Å². The van der Waals surface area contributed by atoms with Crippen molar-refractivity contribution in [3.8, 4) is 5.75 Å². The molecule has 114 valence electrons. The fourth-order valence-corrected chi connectivity index (χ4v) is 2.70. The second-order valence-corrected chi connectivity index (χ2v) is 5.64. The van der Waals surface area contributed by atoms with E-state index in [1.165, 1.54) is 6.42 Å². The summed E-state index contributed by atoms with van der Waals surface area (Å²) in [6.45, 7) is 1.95. The van der Waals surface area contributed by atoms with Crippen LogP contribution in [0.1, 0.15) is 19.3 Å². The number of anilines is 1. The van der Waals surface area contributed by atoms with Crippen LogP contribution in [-0.4, -0.2) is 44.9 Å². The van der Waals surface area contributed by atoms with Crippen molar-refractivity contribution in [3.63, 3.8) is 0 Å². The van der Waals surface area contributed by atoms with Gasteiger partial charge in [-0.05, 0) is 31.4 Å². The van der Waals surface area contributed by atoms with Crippen molar-refractivity contribution in [2.45, 2.75) is 31.4 Å². The molecule has 2 fully saturated rings. The Labute approximate surface area is 125 Å². The molecule has 0 spiro atoms. The highest BCUT2D eigenvalue weighted by molar-refractivity contribution is 5.82. The molecule has 1 aliphatic heterocycles. The highest BCUT2D eigenvalue weighted by Gasteiger charge is 2.29. The minimum atomic E-state index is -0.384. The number of amides is 1. The van der Waals surface area contributed by atoms with E-state index in [0.29, 0.717) is 19.2 Å². The Bertz CT molecular complexity index is 502. The second kappa shape index (κ2) is 6.35. The highest BCUT2D eigenvalue weighted by Crippen LogP contribution is 2.23. The quantitative estimate of drug-likeness (QED) is 0.914. The van der Waals surface area contributed by atoms with Gasteiger partial charge in [0, 0.05) is 24.3 Å². The molecule has 5 heteroatoms. The molecular weight excluding hydrogens is 268 g/mol. The molecule has 21 heavy (non-hydrogen) atoms. The Morgan fingerprint density at radius 3 is 3.00 bits per heavy atom. The number of hydrogen-bond donors (Lipinski definition) is 1. The number of carbonyl (C=O) groups is 1. The Hall–Kier alpha value is -1.75. The van der Waals surface area contributed by atoms with Gasteiger partial charge in [0.15, 0.2) is 6.10 Å². The first-order chi connectivity index (χ1) is 10.3. The zero-order valence-electron chi connectivity index (χ0n) is 12.4. The van der Waals surface area contributed by atoms with Gasteiger partial charge in [0.25, 0.3) is 5.91 Å². The van der Waals surface area contributed by atoms with Gasteiger partial charge in [-0.25, -0.2) is 0 Å². The van der Waals surface area contributed by atoms with E-state index in [0.717, 1.165) is 30.8 Å². The number of morpholine rings is 1. The van der Waals surface area contributed by atoms with E-state index in [-0.39, 0.29) is 12.0 Å². The van der Waals surface area contributed by atoms with Crippen LogP contribution in [0.25, 0.3) is 0 Å². The lowest BCUT2D eigenvalue weighted by atomic mass is 9.93. The maximum absolute atomic E-state index is 12.2. The van der Waals surface area contributed by atoms with E-state index in [1.807, 2.05) is 24.3 Å². The lowest BCUT2D eigenvalue weighted by Gasteiger charge is -2.35. The van der Waals surface area contributed by atoms with E-state index < -0.39 is 0 Å². The average Bonchev–Trinajstić information content (AvgIpc) is 2.51. The molecule has 1 saturated heterocycles. The van der Waals surface area contributed by atoms with E-state index in [2.05, 4.69) is 10.2 Å². The Balaban J connectivity index is 1.62. The molecule has 5 nitrogen and oxygen atoms in total. The number of ether oxygens (including phenoxy) is 2. The first kappa shape index (κ1) is 14.2. The predicted octanol–water partition coefficient (Wildman–Crippen LogP) is 1.57. The second-order valence-electron chi connectivity index (χ2n) is 5.64. The van der Waals surface area contributed by atoms with Gasteiger partial charge in [-0.15, -0.1) is 0 Å². The van der Waals surface area contributed by atoms with Crippen LogP contribution in [0.4, 0.5) is 5.69 Å². The van der Waals surface area contributed by atoms with Crippen molar-refractivity contribution < 1.29 is 14.3 Å². The number of nitrogens with zero attached hydrogens (tertiary/aromatic N) is 1. The Morgan fingerprint density at radius 1 is 1.43 bits per heavy atom. The van der Waals surface area contributed by atoms with Gasteiger partial charge in [0.05, 0.1) is 20.3 Å². The zero-order valence-corrected chi connectivity index (χ0v) is 12.4. The summed E-state index contributed by atoms with van der Waals surface area (Å²) < 4.78 is 10.9. The normalized spacial score (nSPS) is 22.5. The Morgan fingerprint density at radius 2 is 2.29 bits per heavy atom. The number of rotatable bonds is 4. The van der Waals surface area contributed by atoms with Gasteiger partial charge in [-0.3, -0.25) is 4.79 Å². The molecule has 2 aliphatic rings. The van der Waals surface area contributed by atoms with Gasteiger partial charge in [-0.1, -0.05) is 6.07 Å². The lowest BCUT2D eigenvalue weighted by Crippen LogP contribution is -2.53.